The first kappa shape index (κ1) is 14.0. The Kier molecular flexibility index (Phi) is 4.52. The van der Waals surface area contributed by atoms with Gasteiger partial charge in [0.25, 0.3) is 0 Å². The maximum atomic E-state index is 11.6. The van der Waals surface area contributed by atoms with Crippen LogP contribution in [0.25, 0.3) is 0 Å². The highest BCUT2D eigenvalue weighted by molar-refractivity contribution is 5.72. The molecule has 6 heteroatoms. The predicted molar refractivity (Wildman–Crippen MR) is 68.4 cm³/mol. The Morgan fingerprint density at radius 1 is 1.58 bits per heavy atom. The fourth-order valence-electron chi connectivity index (χ4n) is 2.32. The van der Waals surface area contributed by atoms with Gasteiger partial charge in [0, 0.05) is 12.5 Å². The van der Waals surface area contributed by atoms with Crippen LogP contribution in [0.1, 0.15) is 44.3 Å². The molecule has 0 aliphatic carbocycles. The van der Waals surface area contributed by atoms with E-state index < -0.39 is 0 Å². The lowest BCUT2D eigenvalue weighted by Gasteiger charge is -2.30. The third-order valence-corrected chi connectivity index (χ3v) is 3.38. The molecule has 1 atom stereocenters. The second kappa shape index (κ2) is 6.14. The molecule has 2 rings (SSSR count). The number of aromatic nitrogens is 2. The minimum atomic E-state index is -0.124. The van der Waals surface area contributed by atoms with Crippen molar-refractivity contribution in [3.8, 4) is 0 Å². The SMILES string of the molecule is COC(=O)C1CCCN(Cc2noc(C(C)C)n2)C1. The first-order chi connectivity index (χ1) is 9.10. The lowest BCUT2D eigenvalue weighted by atomic mass is 9.98. The molecule has 0 N–H and O–H groups in total. The Labute approximate surface area is 113 Å². The van der Waals surface area contributed by atoms with E-state index in [1.807, 2.05) is 13.8 Å². The van der Waals surface area contributed by atoms with Crippen molar-refractivity contribution in [2.45, 2.75) is 39.2 Å². The van der Waals surface area contributed by atoms with Gasteiger partial charge in [-0.2, -0.15) is 4.98 Å². The van der Waals surface area contributed by atoms with Gasteiger partial charge in [0.05, 0.1) is 19.6 Å². The van der Waals surface area contributed by atoms with Crippen molar-refractivity contribution in [1.29, 1.82) is 0 Å². The standard InChI is InChI=1S/C13H21N3O3/c1-9(2)12-14-11(15-19-12)8-16-6-4-5-10(7-16)13(17)18-3/h9-10H,4-8H2,1-3H3. The molecule has 1 aromatic heterocycles. The summed E-state index contributed by atoms with van der Waals surface area (Å²) in [6.07, 6.45) is 1.89. The number of rotatable bonds is 4. The first-order valence-corrected chi connectivity index (χ1v) is 6.72. The van der Waals surface area contributed by atoms with Crippen molar-refractivity contribution < 1.29 is 14.1 Å². The minimum Gasteiger partial charge on any atom is -0.469 e. The van der Waals surface area contributed by atoms with Crippen molar-refractivity contribution >= 4 is 5.97 Å². The van der Waals surface area contributed by atoms with Crippen LogP contribution in [-0.2, 0) is 16.1 Å². The van der Waals surface area contributed by atoms with Crippen molar-refractivity contribution in [3.63, 3.8) is 0 Å². The molecule has 0 bridgehead atoms. The summed E-state index contributed by atoms with van der Waals surface area (Å²) in [4.78, 5) is 18.1. The quantitative estimate of drug-likeness (QED) is 0.771. The molecule has 0 amide bonds. The van der Waals surface area contributed by atoms with Crippen molar-refractivity contribution in [2.75, 3.05) is 20.2 Å². The Balaban J connectivity index is 1.92. The zero-order valence-electron chi connectivity index (χ0n) is 11.8. The van der Waals surface area contributed by atoms with Gasteiger partial charge in [-0.25, -0.2) is 0 Å². The van der Waals surface area contributed by atoms with Crippen LogP contribution >= 0.6 is 0 Å². The summed E-state index contributed by atoms with van der Waals surface area (Å²) in [6.45, 7) is 6.33. The van der Waals surface area contributed by atoms with Crippen molar-refractivity contribution in [3.05, 3.63) is 11.7 Å². The molecule has 1 saturated heterocycles. The normalized spacial score (nSPS) is 20.7. The number of likely N-dealkylation sites (tertiary alicyclic amines) is 1. The molecule has 1 aliphatic rings. The Morgan fingerprint density at radius 3 is 3.00 bits per heavy atom. The first-order valence-electron chi connectivity index (χ1n) is 6.72. The molecule has 1 aromatic rings. The lowest BCUT2D eigenvalue weighted by Crippen LogP contribution is -2.38. The lowest BCUT2D eigenvalue weighted by molar-refractivity contribution is -0.147. The minimum absolute atomic E-state index is 0.0322. The van der Waals surface area contributed by atoms with Crippen LogP contribution < -0.4 is 0 Å². The van der Waals surface area contributed by atoms with E-state index in [0.717, 1.165) is 19.4 Å². The third-order valence-electron chi connectivity index (χ3n) is 3.38. The smallest absolute Gasteiger partial charge is 0.309 e. The van der Waals surface area contributed by atoms with E-state index >= 15 is 0 Å². The highest BCUT2D eigenvalue weighted by Crippen LogP contribution is 2.19. The molecular formula is C13H21N3O3. The van der Waals surface area contributed by atoms with Gasteiger partial charge in [-0.3, -0.25) is 9.69 Å². The third kappa shape index (κ3) is 3.53. The number of carbonyl (C=O) groups is 1. The van der Waals surface area contributed by atoms with E-state index in [9.17, 15) is 4.79 Å². The molecule has 19 heavy (non-hydrogen) atoms. The summed E-state index contributed by atoms with van der Waals surface area (Å²) in [6, 6.07) is 0. The number of carbonyl (C=O) groups excluding carboxylic acids is 1. The zero-order chi connectivity index (χ0) is 13.8. The fourth-order valence-corrected chi connectivity index (χ4v) is 2.32. The fraction of sp³-hybridized carbons (Fsp3) is 0.769. The van der Waals surface area contributed by atoms with Gasteiger partial charge in [0.15, 0.2) is 5.82 Å². The van der Waals surface area contributed by atoms with Gasteiger partial charge >= 0.3 is 5.97 Å². The molecule has 2 heterocycles. The van der Waals surface area contributed by atoms with Crippen molar-refractivity contribution in [2.24, 2.45) is 5.92 Å². The average molecular weight is 267 g/mol. The molecule has 0 radical (unpaired) electrons. The van der Waals surface area contributed by atoms with Crippen LogP contribution in [0.3, 0.4) is 0 Å². The second-order valence-electron chi connectivity index (χ2n) is 5.30. The molecule has 6 nitrogen and oxygen atoms in total. The molecule has 0 saturated carbocycles. The van der Waals surface area contributed by atoms with E-state index in [4.69, 9.17) is 9.26 Å². The van der Waals surface area contributed by atoms with Gasteiger partial charge in [-0.15, -0.1) is 0 Å². The number of ether oxygens (including phenoxy) is 1. The summed E-state index contributed by atoms with van der Waals surface area (Å²) < 4.78 is 9.99. The topological polar surface area (TPSA) is 68.5 Å². The van der Waals surface area contributed by atoms with Crippen LogP contribution in [0.5, 0.6) is 0 Å². The Hall–Kier alpha value is -1.43. The summed E-state index contributed by atoms with van der Waals surface area (Å²) in [7, 11) is 1.44. The van der Waals surface area contributed by atoms with E-state index in [2.05, 4.69) is 15.0 Å². The van der Waals surface area contributed by atoms with E-state index in [-0.39, 0.29) is 17.8 Å². The van der Waals surface area contributed by atoms with Crippen LogP contribution in [0.15, 0.2) is 4.52 Å². The van der Waals surface area contributed by atoms with Gasteiger partial charge in [0.2, 0.25) is 5.89 Å². The van der Waals surface area contributed by atoms with Crippen LogP contribution in [0, 0.1) is 5.92 Å². The number of esters is 1. The van der Waals surface area contributed by atoms with E-state index in [0.29, 0.717) is 24.8 Å². The number of hydrogen-bond acceptors (Lipinski definition) is 6. The molecule has 0 aromatic carbocycles. The maximum Gasteiger partial charge on any atom is 0.309 e. The van der Waals surface area contributed by atoms with Gasteiger partial charge < -0.3 is 9.26 Å². The number of nitrogens with zero attached hydrogens (tertiary/aromatic N) is 3. The van der Waals surface area contributed by atoms with Gasteiger partial charge in [-0.1, -0.05) is 19.0 Å². The Bertz CT molecular complexity index is 431. The summed E-state index contributed by atoms with van der Waals surface area (Å²) in [5.74, 6) is 1.44. The molecule has 0 spiro atoms. The number of methoxy groups -OCH3 is 1. The highest BCUT2D eigenvalue weighted by Gasteiger charge is 2.27. The van der Waals surface area contributed by atoms with Crippen LogP contribution in [-0.4, -0.2) is 41.2 Å². The summed E-state index contributed by atoms with van der Waals surface area (Å²) in [5, 5.41) is 3.98. The highest BCUT2D eigenvalue weighted by atomic mass is 16.5. The van der Waals surface area contributed by atoms with E-state index in [1.165, 1.54) is 7.11 Å². The molecular weight excluding hydrogens is 246 g/mol. The van der Waals surface area contributed by atoms with E-state index in [1.54, 1.807) is 0 Å². The molecule has 1 aliphatic heterocycles. The number of hydrogen-bond donors (Lipinski definition) is 0. The van der Waals surface area contributed by atoms with Gasteiger partial charge in [0.1, 0.15) is 0 Å². The summed E-state index contributed by atoms with van der Waals surface area (Å²) in [5.41, 5.74) is 0. The van der Waals surface area contributed by atoms with Crippen LogP contribution in [0.2, 0.25) is 0 Å². The molecule has 1 unspecified atom stereocenters. The zero-order valence-corrected chi connectivity index (χ0v) is 11.8. The molecule has 1 fully saturated rings. The molecule has 106 valence electrons. The largest absolute Gasteiger partial charge is 0.469 e. The predicted octanol–water partition coefficient (Wildman–Crippen LogP) is 1.58. The average Bonchev–Trinajstić information content (AvgIpc) is 2.87. The van der Waals surface area contributed by atoms with Gasteiger partial charge in [-0.05, 0) is 19.4 Å². The van der Waals surface area contributed by atoms with Crippen molar-refractivity contribution in [1.82, 2.24) is 15.0 Å². The second-order valence-corrected chi connectivity index (χ2v) is 5.30. The Morgan fingerprint density at radius 2 is 2.37 bits per heavy atom. The monoisotopic (exact) mass is 267 g/mol. The van der Waals surface area contributed by atoms with Crippen LogP contribution in [0.4, 0.5) is 0 Å². The maximum absolute atomic E-state index is 11.6. The summed E-state index contributed by atoms with van der Waals surface area (Å²) >= 11 is 0. The number of piperidine rings is 1.